The molecule has 1 fully saturated rings. The summed E-state index contributed by atoms with van der Waals surface area (Å²) in [4.78, 5) is 19.3. The van der Waals surface area contributed by atoms with Gasteiger partial charge in [0.05, 0.1) is 10.0 Å². The van der Waals surface area contributed by atoms with E-state index in [2.05, 4.69) is 27.0 Å². The van der Waals surface area contributed by atoms with E-state index in [0.29, 0.717) is 47.1 Å². The lowest BCUT2D eigenvalue weighted by molar-refractivity contribution is 0.0682. The zero-order valence-corrected chi connectivity index (χ0v) is 17.1. The lowest BCUT2D eigenvalue weighted by Gasteiger charge is -2.32. The second-order valence-corrected chi connectivity index (χ2v) is 7.66. The Labute approximate surface area is 173 Å². The Hall–Kier alpha value is -2.31. The van der Waals surface area contributed by atoms with E-state index in [9.17, 15) is 4.79 Å². The summed E-state index contributed by atoms with van der Waals surface area (Å²) in [5.41, 5.74) is 0.556. The van der Waals surface area contributed by atoms with Gasteiger partial charge >= 0.3 is 0 Å². The number of halogens is 2. The molecule has 1 saturated heterocycles. The smallest absolute Gasteiger partial charge is 0.293 e. The topological polar surface area (TPSA) is 56.0 Å². The molecule has 0 saturated carbocycles. The highest BCUT2D eigenvalue weighted by molar-refractivity contribution is 6.37. The molecule has 1 aromatic carbocycles. The minimum absolute atomic E-state index is 0.150. The highest BCUT2D eigenvalue weighted by Crippen LogP contribution is 2.29. The SMILES string of the molecule is CCc1nc(C(=O)N2CCC(n3cccc3)CC2)nn1-c1c(Cl)cccc1Cl. The number of rotatable bonds is 4. The maximum absolute atomic E-state index is 13.0. The summed E-state index contributed by atoms with van der Waals surface area (Å²) < 4.78 is 3.80. The molecule has 8 heteroatoms. The molecule has 1 amide bonds. The molecular formula is C20H21Cl2N5O. The number of benzene rings is 1. The van der Waals surface area contributed by atoms with E-state index in [1.165, 1.54) is 0 Å². The molecule has 0 spiro atoms. The van der Waals surface area contributed by atoms with Gasteiger partial charge in [-0.25, -0.2) is 9.67 Å². The van der Waals surface area contributed by atoms with Crippen LogP contribution in [0.1, 0.15) is 42.3 Å². The molecule has 28 heavy (non-hydrogen) atoms. The minimum Gasteiger partial charge on any atom is -0.351 e. The van der Waals surface area contributed by atoms with Crippen molar-refractivity contribution in [2.45, 2.75) is 32.2 Å². The van der Waals surface area contributed by atoms with Gasteiger partial charge in [0.15, 0.2) is 0 Å². The maximum Gasteiger partial charge on any atom is 0.293 e. The van der Waals surface area contributed by atoms with Gasteiger partial charge in [0.2, 0.25) is 5.82 Å². The van der Waals surface area contributed by atoms with Crippen LogP contribution < -0.4 is 0 Å². The number of carbonyl (C=O) groups is 1. The van der Waals surface area contributed by atoms with E-state index in [1.54, 1.807) is 22.9 Å². The third-order valence-corrected chi connectivity index (χ3v) is 5.74. The molecule has 0 aliphatic carbocycles. The molecule has 3 aromatic rings. The number of nitrogens with zero attached hydrogens (tertiary/aromatic N) is 5. The van der Waals surface area contributed by atoms with Gasteiger partial charge < -0.3 is 9.47 Å². The number of aromatic nitrogens is 4. The van der Waals surface area contributed by atoms with E-state index in [0.717, 1.165) is 12.8 Å². The second-order valence-electron chi connectivity index (χ2n) is 6.84. The van der Waals surface area contributed by atoms with Crippen LogP contribution in [0.5, 0.6) is 0 Å². The molecular weight excluding hydrogens is 397 g/mol. The highest BCUT2D eigenvalue weighted by atomic mass is 35.5. The number of carbonyl (C=O) groups excluding carboxylic acids is 1. The van der Waals surface area contributed by atoms with E-state index in [-0.39, 0.29) is 11.7 Å². The molecule has 0 radical (unpaired) electrons. The van der Waals surface area contributed by atoms with Crippen molar-refractivity contribution in [3.8, 4) is 5.69 Å². The van der Waals surface area contributed by atoms with Crippen LogP contribution in [-0.2, 0) is 6.42 Å². The van der Waals surface area contributed by atoms with Crippen molar-refractivity contribution in [3.05, 3.63) is 64.4 Å². The predicted molar refractivity (Wildman–Crippen MR) is 109 cm³/mol. The molecule has 0 N–H and O–H groups in total. The fourth-order valence-electron chi connectivity index (χ4n) is 3.63. The van der Waals surface area contributed by atoms with Crippen LogP contribution in [0.2, 0.25) is 10.0 Å². The first-order valence-electron chi connectivity index (χ1n) is 9.40. The average molecular weight is 418 g/mol. The van der Waals surface area contributed by atoms with Crippen LogP contribution >= 0.6 is 23.2 Å². The first-order valence-corrected chi connectivity index (χ1v) is 10.2. The quantitative estimate of drug-likeness (QED) is 0.631. The summed E-state index contributed by atoms with van der Waals surface area (Å²) in [5, 5.41) is 5.40. The van der Waals surface area contributed by atoms with Crippen molar-refractivity contribution in [3.63, 3.8) is 0 Å². The van der Waals surface area contributed by atoms with Crippen molar-refractivity contribution in [2.75, 3.05) is 13.1 Å². The highest BCUT2D eigenvalue weighted by Gasteiger charge is 2.28. The molecule has 1 aliphatic heterocycles. The lowest BCUT2D eigenvalue weighted by Crippen LogP contribution is -2.39. The van der Waals surface area contributed by atoms with E-state index >= 15 is 0 Å². The Morgan fingerprint density at radius 2 is 1.75 bits per heavy atom. The first kappa shape index (κ1) is 19.0. The number of likely N-dealkylation sites (tertiary alicyclic amines) is 1. The lowest BCUT2D eigenvalue weighted by atomic mass is 10.0. The van der Waals surface area contributed by atoms with Crippen LogP contribution in [0.15, 0.2) is 42.7 Å². The van der Waals surface area contributed by atoms with Crippen molar-refractivity contribution in [2.24, 2.45) is 0 Å². The fourth-order valence-corrected chi connectivity index (χ4v) is 4.19. The number of hydrogen-bond donors (Lipinski definition) is 0. The maximum atomic E-state index is 13.0. The Morgan fingerprint density at radius 3 is 2.36 bits per heavy atom. The predicted octanol–water partition coefficient (Wildman–Crippen LogP) is 4.42. The molecule has 1 aliphatic rings. The zero-order valence-electron chi connectivity index (χ0n) is 15.6. The van der Waals surface area contributed by atoms with E-state index in [4.69, 9.17) is 23.2 Å². The van der Waals surface area contributed by atoms with Crippen LogP contribution in [0.3, 0.4) is 0 Å². The summed E-state index contributed by atoms with van der Waals surface area (Å²) >= 11 is 12.6. The summed E-state index contributed by atoms with van der Waals surface area (Å²) in [5.74, 6) is 0.690. The van der Waals surface area contributed by atoms with Crippen molar-refractivity contribution in [1.82, 2.24) is 24.2 Å². The van der Waals surface area contributed by atoms with Crippen molar-refractivity contribution < 1.29 is 4.79 Å². The number of amides is 1. The molecule has 2 aromatic heterocycles. The fraction of sp³-hybridized carbons (Fsp3) is 0.350. The van der Waals surface area contributed by atoms with Gasteiger partial charge in [-0.1, -0.05) is 36.2 Å². The second kappa shape index (κ2) is 7.97. The van der Waals surface area contributed by atoms with Gasteiger partial charge in [0.1, 0.15) is 11.5 Å². The molecule has 0 bridgehead atoms. The number of aryl methyl sites for hydroxylation is 1. The Kier molecular flexibility index (Phi) is 5.42. The monoisotopic (exact) mass is 417 g/mol. The van der Waals surface area contributed by atoms with Crippen LogP contribution in [0.4, 0.5) is 0 Å². The largest absolute Gasteiger partial charge is 0.351 e. The molecule has 0 unspecified atom stereocenters. The van der Waals surface area contributed by atoms with Crippen molar-refractivity contribution >= 4 is 29.1 Å². The molecule has 6 nitrogen and oxygen atoms in total. The van der Waals surface area contributed by atoms with Gasteiger partial charge in [0, 0.05) is 37.9 Å². The molecule has 146 valence electrons. The Bertz CT molecular complexity index is 954. The van der Waals surface area contributed by atoms with Crippen LogP contribution in [0.25, 0.3) is 5.69 Å². The average Bonchev–Trinajstić information content (AvgIpc) is 3.38. The summed E-state index contributed by atoms with van der Waals surface area (Å²) in [6.45, 7) is 3.33. The Balaban J connectivity index is 1.55. The number of para-hydroxylation sites is 1. The summed E-state index contributed by atoms with van der Waals surface area (Å²) in [7, 11) is 0. The van der Waals surface area contributed by atoms with Gasteiger partial charge in [0.25, 0.3) is 5.91 Å². The van der Waals surface area contributed by atoms with Gasteiger partial charge in [-0.2, -0.15) is 0 Å². The normalized spacial score (nSPS) is 15.2. The zero-order chi connectivity index (χ0) is 19.7. The van der Waals surface area contributed by atoms with Gasteiger partial charge in [-0.05, 0) is 37.1 Å². The Morgan fingerprint density at radius 1 is 1.11 bits per heavy atom. The van der Waals surface area contributed by atoms with Crippen LogP contribution in [0, 0.1) is 0 Å². The third-order valence-electron chi connectivity index (χ3n) is 5.13. The number of hydrogen-bond acceptors (Lipinski definition) is 3. The van der Waals surface area contributed by atoms with Gasteiger partial charge in [-0.3, -0.25) is 4.79 Å². The van der Waals surface area contributed by atoms with Crippen LogP contribution in [-0.4, -0.2) is 43.2 Å². The standard InChI is InChI=1S/C20H21Cl2N5O/c1-2-17-23-19(24-27(17)18-15(21)6-5-7-16(18)22)20(28)26-12-8-14(9-13-26)25-10-3-4-11-25/h3-7,10-11,14H,2,8-9,12-13H2,1H3. The third kappa shape index (κ3) is 3.54. The molecule has 4 rings (SSSR count). The van der Waals surface area contributed by atoms with E-state index in [1.807, 2.05) is 24.0 Å². The summed E-state index contributed by atoms with van der Waals surface area (Å²) in [6.07, 6.45) is 6.59. The molecule has 0 atom stereocenters. The molecule has 3 heterocycles. The summed E-state index contributed by atoms with van der Waals surface area (Å²) in [6, 6.07) is 9.75. The van der Waals surface area contributed by atoms with E-state index < -0.39 is 0 Å². The van der Waals surface area contributed by atoms with Gasteiger partial charge in [-0.15, -0.1) is 5.10 Å². The first-order chi connectivity index (χ1) is 13.6. The van der Waals surface area contributed by atoms with Crippen molar-refractivity contribution in [1.29, 1.82) is 0 Å². The number of piperidine rings is 1. The minimum atomic E-state index is -0.150.